The largest absolute Gasteiger partial charge is 0.489 e. The molecule has 0 fully saturated rings. The van der Waals surface area contributed by atoms with Gasteiger partial charge in [0.15, 0.2) is 5.11 Å². The normalized spacial score (nSPS) is 10.5. The molecule has 0 aliphatic rings. The van der Waals surface area contributed by atoms with Crippen LogP contribution in [0.4, 0.5) is 0 Å². The van der Waals surface area contributed by atoms with Gasteiger partial charge in [-0.15, -0.1) is 0 Å². The fourth-order valence-corrected chi connectivity index (χ4v) is 2.05. The van der Waals surface area contributed by atoms with Crippen molar-refractivity contribution in [1.82, 2.24) is 5.43 Å². The Kier molecular flexibility index (Phi) is 5.71. The molecule has 0 aromatic heterocycles. The highest BCUT2D eigenvalue weighted by Gasteiger charge is 2.00. The third-order valence-electron chi connectivity index (χ3n) is 2.62. The average molecular weight is 364 g/mol. The lowest BCUT2D eigenvalue weighted by atomic mass is 10.2. The Morgan fingerprint density at radius 1 is 1.24 bits per heavy atom. The number of benzene rings is 2. The van der Waals surface area contributed by atoms with E-state index in [0.717, 1.165) is 21.3 Å². The highest BCUT2D eigenvalue weighted by Crippen LogP contribution is 2.19. The van der Waals surface area contributed by atoms with Crippen molar-refractivity contribution < 1.29 is 4.74 Å². The maximum absolute atomic E-state index is 5.74. The van der Waals surface area contributed by atoms with Crippen LogP contribution in [0.25, 0.3) is 0 Å². The van der Waals surface area contributed by atoms with Gasteiger partial charge in [0.05, 0.1) is 6.21 Å². The zero-order valence-electron chi connectivity index (χ0n) is 11.1. The minimum atomic E-state index is 0.139. The SMILES string of the molecule is NC(=S)NN=Cc1ccc(OCc2ccccc2Br)cc1. The predicted molar refractivity (Wildman–Crippen MR) is 92.4 cm³/mol. The van der Waals surface area contributed by atoms with Gasteiger partial charge in [0.1, 0.15) is 12.4 Å². The van der Waals surface area contributed by atoms with Gasteiger partial charge in [-0.2, -0.15) is 5.10 Å². The molecule has 0 atom stereocenters. The van der Waals surface area contributed by atoms with Gasteiger partial charge in [0, 0.05) is 10.0 Å². The monoisotopic (exact) mass is 363 g/mol. The highest BCUT2D eigenvalue weighted by atomic mass is 79.9. The minimum Gasteiger partial charge on any atom is -0.489 e. The summed E-state index contributed by atoms with van der Waals surface area (Å²) in [7, 11) is 0. The number of nitrogens with two attached hydrogens (primary N) is 1. The number of nitrogens with zero attached hydrogens (tertiary/aromatic N) is 1. The lowest BCUT2D eigenvalue weighted by Gasteiger charge is -2.08. The summed E-state index contributed by atoms with van der Waals surface area (Å²) in [6.45, 7) is 0.512. The molecule has 0 unspecified atom stereocenters. The van der Waals surface area contributed by atoms with Crippen molar-refractivity contribution in [3.05, 3.63) is 64.1 Å². The van der Waals surface area contributed by atoms with Crippen molar-refractivity contribution in [1.29, 1.82) is 0 Å². The van der Waals surface area contributed by atoms with E-state index >= 15 is 0 Å². The molecule has 108 valence electrons. The third kappa shape index (κ3) is 5.17. The molecular formula is C15H14BrN3OS. The molecule has 2 rings (SSSR count). The summed E-state index contributed by atoms with van der Waals surface area (Å²) in [4.78, 5) is 0. The molecule has 0 aliphatic heterocycles. The molecule has 0 saturated heterocycles. The Morgan fingerprint density at radius 3 is 2.62 bits per heavy atom. The number of rotatable bonds is 5. The van der Waals surface area contributed by atoms with Gasteiger partial charge in [-0.3, -0.25) is 5.43 Å². The smallest absolute Gasteiger partial charge is 0.184 e. The molecule has 2 aromatic carbocycles. The number of hydrogen-bond donors (Lipinski definition) is 2. The zero-order valence-corrected chi connectivity index (χ0v) is 13.5. The number of thiocarbonyl (C=S) groups is 1. The van der Waals surface area contributed by atoms with E-state index in [-0.39, 0.29) is 5.11 Å². The molecule has 0 amide bonds. The van der Waals surface area contributed by atoms with Crippen LogP contribution in [0, 0.1) is 0 Å². The van der Waals surface area contributed by atoms with Crippen LogP contribution in [0.5, 0.6) is 5.75 Å². The molecule has 4 nitrogen and oxygen atoms in total. The second-order valence-electron chi connectivity index (χ2n) is 4.18. The van der Waals surface area contributed by atoms with E-state index < -0.39 is 0 Å². The molecular weight excluding hydrogens is 350 g/mol. The molecule has 0 spiro atoms. The lowest BCUT2D eigenvalue weighted by molar-refractivity contribution is 0.305. The van der Waals surface area contributed by atoms with E-state index in [0.29, 0.717) is 6.61 Å². The first-order valence-electron chi connectivity index (χ1n) is 6.20. The molecule has 0 aliphatic carbocycles. The first-order chi connectivity index (χ1) is 10.1. The van der Waals surface area contributed by atoms with Gasteiger partial charge >= 0.3 is 0 Å². The van der Waals surface area contributed by atoms with Gasteiger partial charge < -0.3 is 10.5 Å². The molecule has 0 heterocycles. The van der Waals surface area contributed by atoms with Crippen molar-refractivity contribution in [3.8, 4) is 5.75 Å². The summed E-state index contributed by atoms with van der Waals surface area (Å²) in [5, 5.41) is 4.03. The van der Waals surface area contributed by atoms with E-state index in [1.165, 1.54) is 0 Å². The van der Waals surface area contributed by atoms with Crippen LogP contribution in [0.1, 0.15) is 11.1 Å². The fraction of sp³-hybridized carbons (Fsp3) is 0.0667. The molecule has 3 N–H and O–H groups in total. The van der Waals surface area contributed by atoms with Crippen LogP contribution in [0.2, 0.25) is 0 Å². The van der Waals surface area contributed by atoms with Crippen LogP contribution >= 0.6 is 28.1 Å². The Hall–Kier alpha value is -1.92. The van der Waals surface area contributed by atoms with Crippen LogP contribution in [-0.4, -0.2) is 11.3 Å². The first kappa shape index (κ1) is 15.5. The number of nitrogens with one attached hydrogen (secondary N) is 1. The van der Waals surface area contributed by atoms with Crippen molar-refractivity contribution >= 4 is 39.5 Å². The van der Waals surface area contributed by atoms with Crippen molar-refractivity contribution in [3.63, 3.8) is 0 Å². The van der Waals surface area contributed by atoms with Gasteiger partial charge in [-0.25, -0.2) is 0 Å². The van der Waals surface area contributed by atoms with E-state index in [4.69, 9.17) is 10.5 Å². The van der Waals surface area contributed by atoms with E-state index in [1.807, 2.05) is 48.5 Å². The Morgan fingerprint density at radius 2 is 1.95 bits per heavy atom. The van der Waals surface area contributed by atoms with Gasteiger partial charge in [-0.1, -0.05) is 34.1 Å². The van der Waals surface area contributed by atoms with Crippen LogP contribution < -0.4 is 15.9 Å². The summed E-state index contributed by atoms with van der Waals surface area (Å²) in [5.41, 5.74) is 9.80. The van der Waals surface area contributed by atoms with Crippen LogP contribution in [-0.2, 0) is 6.61 Å². The van der Waals surface area contributed by atoms with Crippen LogP contribution in [0.3, 0.4) is 0 Å². The molecule has 6 heteroatoms. The summed E-state index contributed by atoms with van der Waals surface area (Å²) in [5.74, 6) is 0.796. The molecule has 0 radical (unpaired) electrons. The minimum absolute atomic E-state index is 0.139. The number of halogens is 1. The van der Waals surface area contributed by atoms with E-state index in [9.17, 15) is 0 Å². The Bertz CT molecular complexity index is 644. The van der Waals surface area contributed by atoms with Crippen molar-refractivity contribution in [2.45, 2.75) is 6.61 Å². The zero-order chi connectivity index (χ0) is 15.1. The maximum Gasteiger partial charge on any atom is 0.184 e. The van der Waals surface area contributed by atoms with Crippen molar-refractivity contribution in [2.24, 2.45) is 10.8 Å². The molecule has 0 saturated carbocycles. The second-order valence-corrected chi connectivity index (χ2v) is 5.48. The summed E-state index contributed by atoms with van der Waals surface area (Å²) in [6, 6.07) is 15.6. The van der Waals surface area contributed by atoms with Gasteiger partial charge in [0.2, 0.25) is 0 Å². The van der Waals surface area contributed by atoms with E-state index in [2.05, 4.69) is 38.7 Å². The average Bonchev–Trinajstić information content (AvgIpc) is 2.47. The molecule has 21 heavy (non-hydrogen) atoms. The summed E-state index contributed by atoms with van der Waals surface area (Å²) < 4.78 is 6.78. The summed E-state index contributed by atoms with van der Waals surface area (Å²) >= 11 is 8.15. The van der Waals surface area contributed by atoms with Gasteiger partial charge in [-0.05, 0) is 48.1 Å². The number of ether oxygens (including phenoxy) is 1. The highest BCUT2D eigenvalue weighted by molar-refractivity contribution is 9.10. The number of hydrazone groups is 1. The van der Waals surface area contributed by atoms with Gasteiger partial charge in [0.25, 0.3) is 0 Å². The van der Waals surface area contributed by atoms with Crippen LogP contribution in [0.15, 0.2) is 58.1 Å². The molecule has 0 bridgehead atoms. The predicted octanol–water partition coefficient (Wildman–Crippen LogP) is 3.20. The maximum atomic E-state index is 5.74. The Labute approximate surface area is 137 Å². The second kappa shape index (κ2) is 7.75. The quantitative estimate of drug-likeness (QED) is 0.486. The Balaban J connectivity index is 1.92. The van der Waals surface area contributed by atoms with E-state index in [1.54, 1.807) is 6.21 Å². The first-order valence-corrected chi connectivity index (χ1v) is 7.40. The lowest BCUT2D eigenvalue weighted by Crippen LogP contribution is -2.23. The third-order valence-corrected chi connectivity index (χ3v) is 3.49. The topological polar surface area (TPSA) is 59.6 Å². The standard InChI is InChI=1S/C15H14BrN3OS/c16-14-4-2-1-3-12(14)10-20-13-7-5-11(6-8-13)9-18-19-15(17)21/h1-9H,10H2,(H3,17,19,21). The van der Waals surface area contributed by atoms with Crippen molar-refractivity contribution in [2.75, 3.05) is 0 Å². The number of hydrogen-bond acceptors (Lipinski definition) is 3. The fourth-order valence-electron chi connectivity index (χ4n) is 1.60. The molecule has 2 aromatic rings. The summed E-state index contributed by atoms with van der Waals surface area (Å²) in [6.07, 6.45) is 1.64.